The normalized spacial score (nSPS) is 26.4. The van der Waals surface area contributed by atoms with E-state index in [4.69, 9.17) is 14.2 Å². The molecule has 0 spiro atoms. The van der Waals surface area contributed by atoms with Crippen LogP contribution in [0.5, 0.6) is 0 Å². The molecule has 1 aliphatic heterocycles. The lowest BCUT2D eigenvalue weighted by atomic mass is 10.2. The maximum absolute atomic E-state index is 5.24. The third-order valence-corrected chi connectivity index (χ3v) is 1.47. The highest BCUT2D eigenvalue weighted by Crippen LogP contribution is 2.16. The topological polar surface area (TPSA) is 31.0 Å². The summed E-state index contributed by atoms with van der Waals surface area (Å²) in [5, 5.41) is 0. The van der Waals surface area contributed by atoms with Gasteiger partial charge < -0.3 is 14.2 Å². The fourth-order valence-electron chi connectivity index (χ4n) is 0.827. The first-order valence-electron chi connectivity index (χ1n) is 3.55. The lowest BCUT2D eigenvalue weighted by Crippen LogP contribution is -2.12. The zero-order valence-electron chi connectivity index (χ0n) is 6.50. The van der Waals surface area contributed by atoms with Crippen molar-refractivity contribution in [1.82, 2.24) is 0 Å². The summed E-state index contributed by atoms with van der Waals surface area (Å²) in [7, 11) is 1.63. The average molecular weight is 146 g/mol. The van der Waals surface area contributed by atoms with Crippen molar-refractivity contribution in [2.24, 2.45) is 0 Å². The van der Waals surface area contributed by atoms with Gasteiger partial charge in [0.15, 0.2) is 0 Å². The van der Waals surface area contributed by atoms with E-state index in [-0.39, 0.29) is 6.10 Å². The van der Waals surface area contributed by atoms with E-state index in [1.54, 1.807) is 7.11 Å². The number of hydrogen-bond donors (Lipinski definition) is 0. The lowest BCUT2D eigenvalue weighted by molar-refractivity contribution is -0.0689. The molecule has 0 aliphatic carbocycles. The van der Waals surface area contributed by atoms with Crippen LogP contribution >= 0.6 is 0 Å². The molecular weight excluding hydrogens is 132 g/mol. The minimum Gasteiger partial charge on any atom is -0.373 e. The van der Waals surface area contributed by atoms with Crippen LogP contribution in [0.1, 0.15) is 13.3 Å². The standard InChI is InChI=1S/C7H14O3/c1-6(10-5-8-2)3-7-4-9-7/h6-7H,3-5H2,1-2H3. The van der Waals surface area contributed by atoms with Crippen molar-refractivity contribution in [3.63, 3.8) is 0 Å². The van der Waals surface area contributed by atoms with Crippen LogP contribution in [-0.2, 0) is 14.2 Å². The van der Waals surface area contributed by atoms with Gasteiger partial charge in [-0.25, -0.2) is 0 Å². The first-order valence-corrected chi connectivity index (χ1v) is 3.55. The molecular formula is C7H14O3. The van der Waals surface area contributed by atoms with Gasteiger partial charge in [-0.1, -0.05) is 0 Å². The van der Waals surface area contributed by atoms with E-state index in [0.29, 0.717) is 12.9 Å². The third-order valence-electron chi connectivity index (χ3n) is 1.47. The van der Waals surface area contributed by atoms with Gasteiger partial charge in [0.25, 0.3) is 0 Å². The Morgan fingerprint density at radius 2 is 2.40 bits per heavy atom. The molecule has 0 bridgehead atoms. The van der Waals surface area contributed by atoms with E-state index in [2.05, 4.69) is 0 Å². The quantitative estimate of drug-likeness (QED) is 0.424. The van der Waals surface area contributed by atoms with E-state index in [0.717, 1.165) is 13.0 Å². The second-order valence-corrected chi connectivity index (χ2v) is 2.57. The molecule has 1 aliphatic rings. The largest absolute Gasteiger partial charge is 0.373 e. The van der Waals surface area contributed by atoms with Gasteiger partial charge >= 0.3 is 0 Å². The summed E-state index contributed by atoms with van der Waals surface area (Å²) in [6.07, 6.45) is 1.70. The van der Waals surface area contributed by atoms with E-state index in [1.807, 2.05) is 6.92 Å². The Labute approximate surface area is 61.3 Å². The summed E-state index contributed by atoms with van der Waals surface area (Å²) in [5.41, 5.74) is 0. The van der Waals surface area contributed by atoms with Gasteiger partial charge in [-0.15, -0.1) is 0 Å². The fraction of sp³-hybridized carbons (Fsp3) is 1.00. The Kier molecular flexibility index (Phi) is 3.12. The van der Waals surface area contributed by atoms with E-state index >= 15 is 0 Å². The maximum atomic E-state index is 5.24. The van der Waals surface area contributed by atoms with Crippen LogP contribution in [0.4, 0.5) is 0 Å². The second kappa shape index (κ2) is 3.91. The van der Waals surface area contributed by atoms with Crippen LogP contribution in [0.2, 0.25) is 0 Å². The zero-order chi connectivity index (χ0) is 7.40. The molecule has 0 amide bonds. The van der Waals surface area contributed by atoms with Gasteiger partial charge in [-0.3, -0.25) is 0 Å². The highest BCUT2D eigenvalue weighted by atomic mass is 16.7. The SMILES string of the molecule is COCOC(C)CC1CO1. The molecule has 0 radical (unpaired) electrons. The number of rotatable bonds is 5. The number of epoxide rings is 1. The highest BCUT2D eigenvalue weighted by molar-refractivity contribution is 4.71. The van der Waals surface area contributed by atoms with Crippen molar-refractivity contribution < 1.29 is 14.2 Å². The van der Waals surface area contributed by atoms with Crippen molar-refractivity contribution in [3.05, 3.63) is 0 Å². The molecule has 1 rings (SSSR count). The first-order chi connectivity index (χ1) is 4.83. The smallest absolute Gasteiger partial charge is 0.146 e. The van der Waals surface area contributed by atoms with Gasteiger partial charge in [-0.05, 0) is 6.92 Å². The molecule has 0 aromatic rings. The summed E-state index contributed by atoms with van der Waals surface area (Å²) in [5.74, 6) is 0. The number of hydrogen-bond acceptors (Lipinski definition) is 3. The molecule has 0 saturated carbocycles. The predicted molar refractivity (Wildman–Crippen MR) is 36.8 cm³/mol. The molecule has 3 heteroatoms. The van der Waals surface area contributed by atoms with E-state index in [1.165, 1.54) is 0 Å². The molecule has 10 heavy (non-hydrogen) atoms. The molecule has 0 aromatic carbocycles. The Balaban J connectivity index is 1.91. The second-order valence-electron chi connectivity index (χ2n) is 2.57. The maximum Gasteiger partial charge on any atom is 0.146 e. The van der Waals surface area contributed by atoms with Crippen molar-refractivity contribution in [2.75, 3.05) is 20.5 Å². The predicted octanol–water partition coefficient (Wildman–Crippen LogP) is 0.784. The first kappa shape index (κ1) is 7.98. The van der Waals surface area contributed by atoms with Gasteiger partial charge in [-0.2, -0.15) is 0 Å². The molecule has 3 nitrogen and oxygen atoms in total. The van der Waals surface area contributed by atoms with Crippen LogP contribution in [0.3, 0.4) is 0 Å². The number of ether oxygens (including phenoxy) is 3. The molecule has 2 atom stereocenters. The van der Waals surface area contributed by atoms with E-state index < -0.39 is 0 Å². The zero-order valence-corrected chi connectivity index (χ0v) is 6.50. The third kappa shape index (κ3) is 3.15. The summed E-state index contributed by atoms with van der Waals surface area (Å²) in [6, 6.07) is 0. The number of methoxy groups -OCH3 is 1. The van der Waals surface area contributed by atoms with Gasteiger partial charge in [0.2, 0.25) is 0 Å². The van der Waals surface area contributed by atoms with Crippen molar-refractivity contribution in [2.45, 2.75) is 25.6 Å². The Bertz CT molecular complexity index is 90.9. The minimum absolute atomic E-state index is 0.257. The van der Waals surface area contributed by atoms with Crippen LogP contribution in [0.15, 0.2) is 0 Å². The fourth-order valence-corrected chi connectivity index (χ4v) is 0.827. The van der Waals surface area contributed by atoms with Crippen LogP contribution in [0.25, 0.3) is 0 Å². The molecule has 60 valence electrons. The summed E-state index contributed by atoms with van der Waals surface area (Å²) < 4.78 is 15.0. The Morgan fingerprint density at radius 3 is 2.90 bits per heavy atom. The highest BCUT2D eigenvalue weighted by Gasteiger charge is 2.24. The lowest BCUT2D eigenvalue weighted by Gasteiger charge is -2.09. The molecule has 0 N–H and O–H groups in total. The average Bonchev–Trinajstić information content (AvgIpc) is 2.67. The van der Waals surface area contributed by atoms with Gasteiger partial charge in [0.05, 0.1) is 18.8 Å². The molecule has 1 heterocycles. The minimum atomic E-state index is 0.257. The molecule has 0 aromatic heterocycles. The van der Waals surface area contributed by atoms with Crippen LogP contribution in [0, 0.1) is 0 Å². The van der Waals surface area contributed by atoms with Crippen molar-refractivity contribution >= 4 is 0 Å². The van der Waals surface area contributed by atoms with Gasteiger partial charge in [0, 0.05) is 13.5 Å². The van der Waals surface area contributed by atoms with Crippen molar-refractivity contribution in [3.8, 4) is 0 Å². The molecule has 1 fully saturated rings. The molecule has 1 saturated heterocycles. The summed E-state index contributed by atoms with van der Waals surface area (Å²) in [6.45, 7) is 3.31. The summed E-state index contributed by atoms with van der Waals surface area (Å²) >= 11 is 0. The van der Waals surface area contributed by atoms with Crippen LogP contribution < -0.4 is 0 Å². The Morgan fingerprint density at radius 1 is 1.70 bits per heavy atom. The van der Waals surface area contributed by atoms with Crippen molar-refractivity contribution in [1.29, 1.82) is 0 Å². The Hall–Kier alpha value is -0.120. The van der Waals surface area contributed by atoms with E-state index in [9.17, 15) is 0 Å². The van der Waals surface area contributed by atoms with Gasteiger partial charge in [0.1, 0.15) is 6.79 Å². The molecule has 2 unspecified atom stereocenters. The summed E-state index contributed by atoms with van der Waals surface area (Å²) in [4.78, 5) is 0. The monoisotopic (exact) mass is 146 g/mol. The van der Waals surface area contributed by atoms with Crippen LogP contribution in [-0.4, -0.2) is 32.7 Å².